The molecule has 2 aliphatic rings. The van der Waals surface area contributed by atoms with Crippen LogP contribution in [0.15, 0.2) is 0 Å². The van der Waals surface area contributed by atoms with Crippen LogP contribution in [0.4, 0.5) is 0 Å². The minimum absolute atomic E-state index is 0.0179. The lowest BCUT2D eigenvalue weighted by Gasteiger charge is -2.18. The molecular formula is C10H15NO4. The second-order valence-corrected chi connectivity index (χ2v) is 4.21. The summed E-state index contributed by atoms with van der Waals surface area (Å²) in [5, 5.41) is 11.2. The van der Waals surface area contributed by atoms with E-state index in [4.69, 9.17) is 9.84 Å². The first-order chi connectivity index (χ1) is 7.16. The molecule has 1 heterocycles. The third kappa shape index (κ3) is 2.68. The summed E-state index contributed by atoms with van der Waals surface area (Å²) >= 11 is 0. The molecule has 1 saturated heterocycles. The van der Waals surface area contributed by atoms with Crippen molar-refractivity contribution in [2.75, 3.05) is 6.61 Å². The van der Waals surface area contributed by atoms with Gasteiger partial charge in [-0.1, -0.05) is 0 Å². The molecule has 0 aromatic carbocycles. The molecule has 1 amide bonds. The molecule has 2 rings (SSSR count). The van der Waals surface area contributed by atoms with Crippen LogP contribution < -0.4 is 5.32 Å². The number of carboxylic acids is 1. The van der Waals surface area contributed by atoms with Gasteiger partial charge in [0.1, 0.15) is 6.42 Å². The number of hydrogen-bond donors (Lipinski definition) is 2. The van der Waals surface area contributed by atoms with Crippen molar-refractivity contribution >= 4 is 11.9 Å². The first-order valence-corrected chi connectivity index (χ1v) is 5.29. The summed E-state index contributed by atoms with van der Waals surface area (Å²) in [6.45, 7) is 0.666. The van der Waals surface area contributed by atoms with Gasteiger partial charge in [0.15, 0.2) is 0 Å². The molecule has 2 N–H and O–H groups in total. The van der Waals surface area contributed by atoms with E-state index >= 15 is 0 Å². The summed E-state index contributed by atoms with van der Waals surface area (Å²) in [5.41, 5.74) is 0. The molecule has 1 aliphatic carbocycles. The molecule has 0 spiro atoms. The molecule has 5 nitrogen and oxygen atoms in total. The van der Waals surface area contributed by atoms with Crippen LogP contribution in [-0.2, 0) is 14.3 Å². The Bertz CT molecular complexity index is 275. The van der Waals surface area contributed by atoms with Crippen molar-refractivity contribution in [1.29, 1.82) is 0 Å². The van der Waals surface area contributed by atoms with E-state index in [9.17, 15) is 9.59 Å². The van der Waals surface area contributed by atoms with Crippen molar-refractivity contribution in [3.05, 3.63) is 0 Å². The van der Waals surface area contributed by atoms with Crippen LogP contribution in [0.25, 0.3) is 0 Å². The van der Waals surface area contributed by atoms with E-state index in [2.05, 4.69) is 5.32 Å². The van der Waals surface area contributed by atoms with E-state index in [0.29, 0.717) is 12.5 Å². The number of hydrogen-bond acceptors (Lipinski definition) is 3. The molecular weight excluding hydrogens is 198 g/mol. The fourth-order valence-corrected chi connectivity index (χ4v) is 2.05. The summed E-state index contributed by atoms with van der Waals surface area (Å²) in [7, 11) is 0. The highest BCUT2D eigenvalue weighted by Crippen LogP contribution is 2.38. The van der Waals surface area contributed by atoms with Gasteiger partial charge in [0.25, 0.3) is 0 Å². The van der Waals surface area contributed by atoms with E-state index in [-0.39, 0.29) is 12.1 Å². The number of nitrogens with one attached hydrogen (secondary N) is 1. The number of carbonyl (C=O) groups is 2. The first-order valence-electron chi connectivity index (χ1n) is 5.29. The number of carbonyl (C=O) groups excluding carboxylic acids is 1. The van der Waals surface area contributed by atoms with E-state index < -0.39 is 18.3 Å². The molecule has 1 saturated carbocycles. The van der Waals surface area contributed by atoms with Gasteiger partial charge in [0, 0.05) is 6.61 Å². The maximum atomic E-state index is 11.3. The van der Waals surface area contributed by atoms with Crippen molar-refractivity contribution in [2.45, 2.75) is 37.8 Å². The molecule has 2 unspecified atom stereocenters. The number of aliphatic carboxylic acids is 1. The minimum Gasteiger partial charge on any atom is -0.481 e. The SMILES string of the molecule is O=C(O)CC(=O)NC1CCOC1C1CC1. The van der Waals surface area contributed by atoms with Gasteiger partial charge >= 0.3 is 5.97 Å². The van der Waals surface area contributed by atoms with Gasteiger partial charge in [-0.15, -0.1) is 0 Å². The lowest BCUT2D eigenvalue weighted by atomic mass is 10.1. The van der Waals surface area contributed by atoms with Crippen LogP contribution in [0, 0.1) is 5.92 Å². The zero-order valence-corrected chi connectivity index (χ0v) is 8.44. The standard InChI is InChI=1S/C10H15NO4/c12-8(5-9(13)14)11-7-3-4-15-10(7)6-1-2-6/h6-7,10H,1-5H2,(H,11,12)(H,13,14). The maximum absolute atomic E-state index is 11.3. The highest BCUT2D eigenvalue weighted by molar-refractivity contribution is 5.93. The first kappa shape index (κ1) is 10.4. The molecule has 0 aromatic rings. The summed E-state index contributed by atoms with van der Waals surface area (Å²) in [6, 6.07) is 0.0179. The summed E-state index contributed by atoms with van der Waals surface area (Å²) in [5.74, 6) is -0.930. The third-order valence-corrected chi connectivity index (χ3v) is 2.88. The predicted octanol–water partition coefficient (Wildman–Crippen LogP) is 0.145. The lowest BCUT2D eigenvalue weighted by molar-refractivity contribution is -0.141. The quantitative estimate of drug-likeness (QED) is 0.651. The van der Waals surface area contributed by atoms with E-state index in [1.54, 1.807) is 0 Å². The number of amides is 1. The maximum Gasteiger partial charge on any atom is 0.312 e. The van der Waals surface area contributed by atoms with Crippen molar-refractivity contribution in [2.24, 2.45) is 5.92 Å². The highest BCUT2D eigenvalue weighted by Gasteiger charge is 2.41. The smallest absolute Gasteiger partial charge is 0.312 e. The van der Waals surface area contributed by atoms with Gasteiger partial charge in [-0.2, -0.15) is 0 Å². The molecule has 5 heteroatoms. The molecule has 2 fully saturated rings. The van der Waals surface area contributed by atoms with Gasteiger partial charge < -0.3 is 15.2 Å². The molecule has 84 valence electrons. The van der Waals surface area contributed by atoms with Gasteiger partial charge in [-0.25, -0.2) is 0 Å². The second kappa shape index (κ2) is 4.18. The van der Waals surface area contributed by atoms with Gasteiger partial charge in [0.05, 0.1) is 12.1 Å². The average Bonchev–Trinajstić information content (AvgIpc) is 2.87. The average molecular weight is 213 g/mol. The molecule has 0 bridgehead atoms. The largest absolute Gasteiger partial charge is 0.481 e. The van der Waals surface area contributed by atoms with Gasteiger partial charge in [0.2, 0.25) is 5.91 Å². The Kier molecular flexibility index (Phi) is 2.90. The van der Waals surface area contributed by atoms with E-state index in [1.165, 1.54) is 0 Å². The Labute approximate surface area is 87.8 Å². The fraction of sp³-hybridized carbons (Fsp3) is 0.800. The minimum atomic E-state index is -1.09. The van der Waals surface area contributed by atoms with Crippen molar-refractivity contribution in [3.63, 3.8) is 0 Å². The molecule has 0 aromatic heterocycles. The Morgan fingerprint density at radius 1 is 1.33 bits per heavy atom. The monoisotopic (exact) mass is 213 g/mol. The Hall–Kier alpha value is -1.10. The molecule has 1 aliphatic heterocycles. The van der Waals surface area contributed by atoms with Gasteiger partial charge in [-0.05, 0) is 25.2 Å². The number of rotatable bonds is 4. The zero-order chi connectivity index (χ0) is 10.8. The van der Waals surface area contributed by atoms with Crippen molar-refractivity contribution in [3.8, 4) is 0 Å². The number of ether oxygens (including phenoxy) is 1. The Morgan fingerprint density at radius 3 is 2.67 bits per heavy atom. The van der Waals surface area contributed by atoms with Crippen molar-refractivity contribution in [1.82, 2.24) is 5.32 Å². The molecule has 15 heavy (non-hydrogen) atoms. The predicted molar refractivity (Wildman–Crippen MR) is 51.3 cm³/mol. The topological polar surface area (TPSA) is 75.6 Å². The van der Waals surface area contributed by atoms with Crippen LogP contribution in [0.5, 0.6) is 0 Å². The molecule has 0 radical (unpaired) electrons. The lowest BCUT2D eigenvalue weighted by Crippen LogP contribution is -2.42. The van der Waals surface area contributed by atoms with Crippen LogP contribution in [-0.4, -0.2) is 35.7 Å². The third-order valence-electron chi connectivity index (χ3n) is 2.88. The van der Waals surface area contributed by atoms with Crippen LogP contribution in [0.1, 0.15) is 25.7 Å². The highest BCUT2D eigenvalue weighted by atomic mass is 16.5. The second-order valence-electron chi connectivity index (χ2n) is 4.21. The van der Waals surface area contributed by atoms with E-state index in [0.717, 1.165) is 19.3 Å². The summed E-state index contributed by atoms with van der Waals surface area (Å²) < 4.78 is 5.53. The van der Waals surface area contributed by atoms with E-state index in [1.807, 2.05) is 0 Å². The number of carboxylic acid groups (broad SMARTS) is 1. The zero-order valence-electron chi connectivity index (χ0n) is 8.44. The Morgan fingerprint density at radius 2 is 2.07 bits per heavy atom. The molecule has 2 atom stereocenters. The Balaban J connectivity index is 1.82. The van der Waals surface area contributed by atoms with Crippen LogP contribution >= 0.6 is 0 Å². The fourth-order valence-electron chi connectivity index (χ4n) is 2.05. The van der Waals surface area contributed by atoms with Crippen LogP contribution in [0.3, 0.4) is 0 Å². The van der Waals surface area contributed by atoms with Crippen molar-refractivity contribution < 1.29 is 19.4 Å². The normalized spacial score (nSPS) is 30.1. The summed E-state index contributed by atoms with van der Waals surface area (Å²) in [4.78, 5) is 21.6. The summed E-state index contributed by atoms with van der Waals surface area (Å²) in [6.07, 6.45) is 2.79. The van der Waals surface area contributed by atoms with Crippen LogP contribution in [0.2, 0.25) is 0 Å². The van der Waals surface area contributed by atoms with Gasteiger partial charge in [-0.3, -0.25) is 9.59 Å².